The van der Waals surface area contributed by atoms with Crippen molar-refractivity contribution in [3.63, 3.8) is 0 Å². The average Bonchev–Trinajstić information content (AvgIpc) is 2.92. The minimum atomic E-state index is -0.437. The molecule has 1 aromatic carbocycles. The maximum atomic E-state index is 14.6. The van der Waals surface area contributed by atoms with E-state index in [1.165, 1.54) is 13.0 Å². The first kappa shape index (κ1) is 15.4. The van der Waals surface area contributed by atoms with Crippen LogP contribution in [0.25, 0.3) is 0 Å². The van der Waals surface area contributed by atoms with Gasteiger partial charge in [0.15, 0.2) is 5.78 Å². The van der Waals surface area contributed by atoms with Crippen molar-refractivity contribution in [2.45, 2.75) is 19.9 Å². The van der Waals surface area contributed by atoms with Gasteiger partial charge in [-0.1, -0.05) is 6.07 Å². The summed E-state index contributed by atoms with van der Waals surface area (Å²) >= 11 is 0. The molecule has 1 amide bonds. The fourth-order valence-corrected chi connectivity index (χ4v) is 2.80. The summed E-state index contributed by atoms with van der Waals surface area (Å²) in [6.45, 7) is 2.80. The molecule has 0 aliphatic carbocycles. The van der Waals surface area contributed by atoms with Gasteiger partial charge >= 0.3 is 0 Å². The van der Waals surface area contributed by atoms with Crippen molar-refractivity contribution in [3.05, 3.63) is 52.6 Å². The topological polar surface area (TPSA) is 63.1 Å². The highest BCUT2D eigenvalue weighted by atomic mass is 19.1. The van der Waals surface area contributed by atoms with Crippen molar-refractivity contribution in [2.75, 3.05) is 11.9 Å². The number of fused-ring (bicyclic) bond motifs is 1. The minimum absolute atomic E-state index is 0.118. The van der Waals surface area contributed by atoms with Gasteiger partial charge in [-0.2, -0.15) is 0 Å². The van der Waals surface area contributed by atoms with E-state index in [0.717, 1.165) is 12.1 Å². The molecule has 1 aliphatic heterocycles. The number of aryl methyl sites for hydroxylation is 1. The molecule has 120 valence electrons. The largest absolute Gasteiger partial charge is 0.346 e. The Bertz CT molecular complexity index is 795. The van der Waals surface area contributed by atoms with E-state index in [1.807, 2.05) is 6.07 Å². The van der Waals surface area contributed by atoms with E-state index < -0.39 is 5.91 Å². The fraction of sp³-hybridized carbons (Fsp3) is 0.294. The van der Waals surface area contributed by atoms with Crippen LogP contribution in [0.5, 0.6) is 0 Å². The van der Waals surface area contributed by atoms with Crippen molar-refractivity contribution in [3.8, 4) is 0 Å². The first-order valence-corrected chi connectivity index (χ1v) is 7.47. The lowest BCUT2D eigenvalue weighted by molar-refractivity contribution is 0.101. The van der Waals surface area contributed by atoms with E-state index in [-0.39, 0.29) is 17.3 Å². The minimum Gasteiger partial charge on any atom is -0.346 e. The van der Waals surface area contributed by atoms with Crippen LogP contribution in [0, 0.1) is 5.82 Å². The maximum absolute atomic E-state index is 14.6. The summed E-state index contributed by atoms with van der Waals surface area (Å²) in [4.78, 5) is 23.8. The number of nitrogens with one attached hydrogen (secondary N) is 2. The first-order valence-electron chi connectivity index (χ1n) is 7.47. The quantitative estimate of drug-likeness (QED) is 0.854. The molecule has 3 rings (SSSR count). The fourth-order valence-electron chi connectivity index (χ4n) is 2.80. The van der Waals surface area contributed by atoms with Gasteiger partial charge in [-0.05, 0) is 43.1 Å². The number of halogens is 1. The van der Waals surface area contributed by atoms with Gasteiger partial charge < -0.3 is 15.2 Å². The molecule has 2 N–H and O–H groups in total. The van der Waals surface area contributed by atoms with Crippen molar-refractivity contribution in [1.82, 2.24) is 9.88 Å². The third-order valence-electron chi connectivity index (χ3n) is 4.10. The van der Waals surface area contributed by atoms with Crippen molar-refractivity contribution >= 4 is 17.4 Å². The number of anilines is 1. The Morgan fingerprint density at radius 3 is 2.83 bits per heavy atom. The second kappa shape index (κ2) is 5.96. The van der Waals surface area contributed by atoms with E-state index in [9.17, 15) is 14.0 Å². The highest BCUT2D eigenvalue weighted by Gasteiger charge is 2.19. The van der Waals surface area contributed by atoms with Crippen LogP contribution in [0.15, 0.2) is 24.4 Å². The molecule has 2 aromatic rings. The Kier molecular flexibility index (Phi) is 4.00. The van der Waals surface area contributed by atoms with Crippen LogP contribution in [0.1, 0.15) is 38.9 Å². The van der Waals surface area contributed by atoms with Gasteiger partial charge in [0.1, 0.15) is 11.5 Å². The first-order chi connectivity index (χ1) is 11.0. The van der Waals surface area contributed by atoms with Crippen LogP contribution < -0.4 is 10.6 Å². The van der Waals surface area contributed by atoms with Gasteiger partial charge in [0.05, 0.1) is 5.69 Å². The van der Waals surface area contributed by atoms with Gasteiger partial charge in [0.2, 0.25) is 0 Å². The van der Waals surface area contributed by atoms with Crippen molar-refractivity contribution < 1.29 is 14.0 Å². The molecule has 1 aliphatic rings. The summed E-state index contributed by atoms with van der Waals surface area (Å²) < 4.78 is 16.1. The Morgan fingerprint density at radius 2 is 2.13 bits per heavy atom. The van der Waals surface area contributed by atoms with E-state index >= 15 is 0 Å². The molecule has 1 aromatic heterocycles. The van der Waals surface area contributed by atoms with Crippen LogP contribution in [0.4, 0.5) is 10.1 Å². The number of benzene rings is 1. The van der Waals surface area contributed by atoms with Gasteiger partial charge in [0, 0.05) is 25.4 Å². The molecule has 2 heterocycles. The second-order valence-corrected chi connectivity index (χ2v) is 5.73. The van der Waals surface area contributed by atoms with Crippen LogP contribution >= 0.6 is 0 Å². The number of carbonyl (C=O) groups is 2. The van der Waals surface area contributed by atoms with E-state index in [0.29, 0.717) is 29.8 Å². The number of ketones is 1. The molecule has 0 fully saturated rings. The zero-order valence-corrected chi connectivity index (χ0v) is 13.1. The molecular weight excluding hydrogens is 297 g/mol. The second-order valence-electron chi connectivity index (χ2n) is 5.73. The lowest BCUT2D eigenvalue weighted by atomic mass is 9.99. The normalized spacial score (nSPS) is 13.5. The van der Waals surface area contributed by atoms with Crippen molar-refractivity contribution in [2.24, 2.45) is 7.05 Å². The standard InChI is InChI=1S/C17H18FN3O2/c1-10(22)12-7-15(21(2)9-12)17(23)20-14-4-3-11-8-19-6-5-13(11)16(14)18/h3-4,7,9,19H,5-6,8H2,1-2H3,(H,20,23). The molecular formula is C17H18FN3O2. The number of amides is 1. The molecule has 0 atom stereocenters. The number of aromatic nitrogens is 1. The molecule has 0 unspecified atom stereocenters. The van der Waals surface area contributed by atoms with Crippen LogP contribution in [-0.4, -0.2) is 22.8 Å². The summed E-state index contributed by atoms with van der Waals surface area (Å²) in [6.07, 6.45) is 2.19. The summed E-state index contributed by atoms with van der Waals surface area (Å²) in [5.74, 6) is -0.932. The van der Waals surface area contributed by atoms with Gasteiger partial charge in [-0.15, -0.1) is 0 Å². The summed E-state index contributed by atoms with van der Waals surface area (Å²) in [7, 11) is 1.68. The molecule has 6 heteroatoms. The maximum Gasteiger partial charge on any atom is 0.272 e. The zero-order chi connectivity index (χ0) is 16.6. The zero-order valence-electron chi connectivity index (χ0n) is 13.1. The number of hydrogen-bond acceptors (Lipinski definition) is 3. The average molecular weight is 315 g/mol. The summed E-state index contributed by atoms with van der Waals surface area (Å²) in [5.41, 5.74) is 2.51. The number of Topliss-reactive ketones (excluding diaryl/α,β-unsaturated/α-hetero) is 1. The predicted octanol–water partition coefficient (Wildman–Crippen LogP) is 2.26. The number of hydrogen-bond donors (Lipinski definition) is 2. The third-order valence-corrected chi connectivity index (χ3v) is 4.10. The molecule has 0 saturated heterocycles. The van der Waals surface area contributed by atoms with Gasteiger partial charge in [-0.25, -0.2) is 4.39 Å². The predicted molar refractivity (Wildman–Crippen MR) is 85.2 cm³/mol. The Labute approximate surface area is 133 Å². The smallest absolute Gasteiger partial charge is 0.272 e. The molecule has 0 bridgehead atoms. The van der Waals surface area contributed by atoms with Crippen LogP contribution in [-0.2, 0) is 20.0 Å². The lowest BCUT2D eigenvalue weighted by Gasteiger charge is -2.19. The van der Waals surface area contributed by atoms with Crippen LogP contribution in [0.3, 0.4) is 0 Å². The highest BCUT2D eigenvalue weighted by Crippen LogP contribution is 2.25. The number of nitrogens with zero attached hydrogens (tertiary/aromatic N) is 1. The van der Waals surface area contributed by atoms with Gasteiger partial charge in [-0.3, -0.25) is 9.59 Å². The molecule has 5 nitrogen and oxygen atoms in total. The molecule has 0 radical (unpaired) electrons. The Balaban J connectivity index is 1.87. The van der Waals surface area contributed by atoms with Crippen molar-refractivity contribution in [1.29, 1.82) is 0 Å². The highest BCUT2D eigenvalue weighted by molar-refractivity contribution is 6.05. The Morgan fingerprint density at radius 1 is 1.35 bits per heavy atom. The summed E-state index contributed by atoms with van der Waals surface area (Å²) in [6, 6.07) is 4.91. The molecule has 0 saturated carbocycles. The third kappa shape index (κ3) is 2.90. The monoisotopic (exact) mass is 315 g/mol. The van der Waals surface area contributed by atoms with Crippen LogP contribution in [0.2, 0.25) is 0 Å². The SMILES string of the molecule is CC(=O)c1cc(C(=O)Nc2ccc3c(c2F)CCNC3)n(C)c1. The number of carbonyl (C=O) groups excluding carboxylic acids is 2. The van der Waals surface area contributed by atoms with E-state index in [2.05, 4.69) is 10.6 Å². The molecule has 0 spiro atoms. The molecule has 23 heavy (non-hydrogen) atoms. The van der Waals surface area contributed by atoms with E-state index in [4.69, 9.17) is 0 Å². The summed E-state index contributed by atoms with van der Waals surface area (Å²) in [5, 5.41) is 5.79. The van der Waals surface area contributed by atoms with E-state index in [1.54, 1.807) is 23.9 Å². The Hall–Kier alpha value is -2.47. The lowest BCUT2D eigenvalue weighted by Crippen LogP contribution is -2.25. The van der Waals surface area contributed by atoms with Gasteiger partial charge in [0.25, 0.3) is 5.91 Å². The number of rotatable bonds is 3.